The number of carbonyl (C=O) groups excluding carboxylic acids is 1. The predicted molar refractivity (Wildman–Crippen MR) is 129 cm³/mol. The molecular formula is C25H25F2N7O. The van der Waals surface area contributed by atoms with E-state index in [0.717, 1.165) is 24.0 Å². The number of fused-ring (bicyclic) bond motifs is 1. The highest BCUT2D eigenvalue weighted by atomic mass is 19.1. The number of nitrogens with two attached hydrogens (primary N) is 1. The van der Waals surface area contributed by atoms with Gasteiger partial charge in [-0.3, -0.25) is 14.0 Å². The fourth-order valence-corrected chi connectivity index (χ4v) is 4.19. The second kappa shape index (κ2) is 9.64. The normalized spacial score (nSPS) is 17.3. The molecule has 1 atom stereocenters. The van der Waals surface area contributed by atoms with Crippen molar-refractivity contribution in [1.29, 1.82) is 5.26 Å². The summed E-state index contributed by atoms with van der Waals surface area (Å²) < 4.78 is 33.3. The van der Waals surface area contributed by atoms with Crippen LogP contribution in [0.2, 0.25) is 0 Å². The lowest BCUT2D eigenvalue weighted by atomic mass is 10.1. The van der Waals surface area contributed by atoms with Crippen LogP contribution in [-0.4, -0.2) is 49.3 Å². The molecule has 0 spiro atoms. The number of likely N-dealkylation sites (tertiary alicyclic amines) is 1. The predicted octanol–water partition coefficient (Wildman–Crippen LogP) is 3.80. The monoisotopic (exact) mass is 477 g/mol. The topological polar surface area (TPSA) is 106 Å². The number of hydrogen-bond donors (Lipinski definition) is 1. The van der Waals surface area contributed by atoms with Crippen LogP contribution in [0.1, 0.15) is 36.1 Å². The fourth-order valence-electron chi connectivity index (χ4n) is 4.19. The van der Waals surface area contributed by atoms with E-state index in [9.17, 15) is 9.18 Å². The molecule has 4 rings (SSSR count). The minimum atomic E-state index is -0.867. The number of amides is 1. The highest BCUT2D eigenvalue weighted by molar-refractivity contribution is 5.93. The zero-order valence-corrected chi connectivity index (χ0v) is 19.5. The van der Waals surface area contributed by atoms with Crippen LogP contribution in [0, 0.1) is 17.3 Å². The van der Waals surface area contributed by atoms with Gasteiger partial charge in [0.25, 0.3) is 5.91 Å². The average molecular weight is 478 g/mol. The van der Waals surface area contributed by atoms with Crippen LogP contribution in [0.15, 0.2) is 54.5 Å². The van der Waals surface area contributed by atoms with E-state index in [1.807, 2.05) is 0 Å². The van der Waals surface area contributed by atoms with E-state index < -0.39 is 17.7 Å². The fraction of sp³-hybridized carbons (Fsp3) is 0.280. The van der Waals surface area contributed by atoms with E-state index in [1.54, 1.807) is 42.2 Å². The summed E-state index contributed by atoms with van der Waals surface area (Å²) in [7, 11) is 1.78. The SMILES string of the molecule is C=C/C(C#N)=C(F)\C=C(/C)c1nc(C(=O)N2CCC[C@@H](N)C2)c(F)n1-c1ccc2nn(C)cc2c1. The van der Waals surface area contributed by atoms with Gasteiger partial charge in [-0.2, -0.15) is 14.8 Å². The van der Waals surface area contributed by atoms with Crippen LogP contribution in [0.25, 0.3) is 22.2 Å². The van der Waals surface area contributed by atoms with Crippen LogP contribution in [0.4, 0.5) is 8.78 Å². The third kappa shape index (κ3) is 4.63. The summed E-state index contributed by atoms with van der Waals surface area (Å²) in [5, 5.41) is 14.2. The Hall–Kier alpha value is -4.10. The van der Waals surface area contributed by atoms with Gasteiger partial charge in [0.05, 0.1) is 16.8 Å². The maximum Gasteiger partial charge on any atom is 0.277 e. The minimum Gasteiger partial charge on any atom is -0.336 e. The van der Waals surface area contributed by atoms with Gasteiger partial charge in [-0.15, -0.1) is 0 Å². The molecule has 180 valence electrons. The summed E-state index contributed by atoms with van der Waals surface area (Å²) in [6.45, 7) is 5.72. The van der Waals surface area contributed by atoms with Crippen molar-refractivity contribution in [2.75, 3.05) is 13.1 Å². The first-order valence-electron chi connectivity index (χ1n) is 11.1. The molecule has 0 saturated carbocycles. The van der Waals surface area contributed by atoms with E-state index >= 15 is 4.39 Å². The Morgan fingerprint density at radius 3 is 2.86 bits per heavy atom. The first-order chi connectivity index (χ1) is 16.7. The Bertz CT molecular complexity index is 1420. The van der Waals surface area contributed by atoms with Crippen molar-refractivity contribution < 1.29 is 13.6 Å². The number of imidazole rings is 1. The molecule has 1 fully saturated rings. The number of aryl methyl sites for hydroxylation is 1. The summed E-state index contributed by atoms with van der Waals surface area (Å²) in [6.07, 6.45) is 5.45. The Labute approximate surface area is 201 Å². The van der Waals surface area contributed by atoms with Crippen LogP contribution < -0.4 is 5.73 Å². The van der Waals surface area contributed by atoms with Crippen LogP contribution in [0.3, 0.4) is 0 Å². The number of piperidine rings is 1. The molecule has 0 aliphatic carbocycles. The molecule has 8 nitrogen and oxygen atoms in total. The number of aromatic nitrogens is 4. The van der Waals surface area contributed by atoms with Gasteiger partial charge in [-0.05, 0) is 55.7 Å². The van der Waals surface area contributed by atoms with Crippen molar-refractivity contribution in [3.05, 3.63) is 72.0 Å². The third-order valence-electron chi connectivity index (χ3n) is 5.91. The van der Waals surface area contributed by atoms with Crippen molar-refractivity contribution in [2.24, 2.45) is 12.8 Å². The van der Waals surface area contributed by atoms with E-state index in [1.165, 1.54) is 16.4 Å². The van der Waals surface area contributed by atoms with Gasteiger partial charge in [0.2, 0.25) is 5.95 Å². The van der Waals surface area contributed by atoms with Crippen LogP contribution in [-0.2, 0) is 7.05 Å². The standard InChI is InChI=1S/C25H25F2N7O/c1-4-16(12-28)20(26)10-15(2)24-30-22(25(35)33-9-5-6-18(29)14-33)23(27)34(24)19-7-8-21-17(11-19)13-32(3)31-21/h4,7-8,10-11,13,18H,1,5-6,9,14,29H2,2-3H3/b15-10+,20-16-/t18-/m1/s1. The highest BCUT2D eigenvalue weighted by Crippen LogP contribution is 2.28. The quantitative estimate of drug-likeness (QED) is 0.445. The largest absolute Gasteiger partial charge is 0.336 e. The van der Waals surface area contributed by atoms with E-state index in [2.05, 4.69) is 16.7 Å². The van der Waals surface area contributed by atoms with E-state index in [4.69, 9.17) is 11.0 Å². The van der Waals surface area contributed by atoms with Crippen molar-refractivity contribution in [3.63, 3.8) is 0 Å². The Morgan fingerprint density at radius 2 is 2.17 bits per heavy atom. The molecule has 3 heterocycles. The lowest BCUT2D eigenvalue weighted by molar-refractivity contribution is 0.0698. The van der Waals surface area contributed by atoms with E-state index in [-0.39, 0.29) is 28.7 Å². The van der Waals surface area contributed by atoms with Gasteiger partial charge in [-0.1, -0.05) is 6.58 Å². The van der Waals surface area contributed by atoms with Gasteiger partial charge >= 0.3 is 0 Å². The van der Waals surface area contributed by atoms with Crippen LogP contribution in [0.5, 0.6) is 0 Å². The molecule has 10 heteroatoms. The van der Waals surface area contributed by atoms with Gasteiger partial charge in [0, 0.05) is 37.8 Å². The summed E-state index contributed by atoms with van der Waals surface area (Å²) in [6, 6.07) is 6.62. The number of nitrogens with zero attached hydrogens (tertiary/aromatic N) is 6. The van der Waals surface area contributed by atoms with Crippen molar-refractivity contribution >= 4 is 22.4 Å². The molecule has 1 aromatic carbocycles. The molecule has 2 aromatic heterocycles. The average Bonchev–Trinajstić information content (AvgIpc) is 3.37. The second-order valence-electron chi connectivity index (χ2n) is 8.51. The molecule has 0 radical (unpaired) electrons. The summed E-state index contributed by atoms with van der Waals surface area (Å²) in [5.41, 5.74) is 6.69. The zero-order valence-electron chi connectivity index (χ0n) is 19.5. The molecule has 1 saturated heterocycles. The maximum absolute atomic E-state index is 15.9. The maximum atomic E-state index is 15.9. The summed E-state index contributed by atoms with van der Waals surface area (Å²) in [4.78, 5) is 19.0. The molecule has 35 heavy (non-hydrogen) atoms. The number of carbonyl (C=O) groups is 1. The first kappa shape index (κ1) is 24.0. The smallest absolute Gasteiger partial charge is 0.277 e. The van der Waals surface area contributed by atoms with Crippen LogP contribution >= 0.6 is 0 Å². The molecule has 1 aliphatic rings. The van der Waals surface area contributed by atoms with Crippen molar-refractivity contribution in [2.45, 2.75) is 25.8 Å². The number of halogens is 2. The number of rotatable bonds is 5. The lowest BCUT2D eigenvalue weighted by Crippen LogP contribution is -2.46. The third-order valence-corrected chi connectivity index (χ3v) is 5.91. The van der Waals surface area contributed by atoms with E-state index in [0.29, 0.717) is 30.7 Å². The zero-order chi connectivity index (χ0) is 25.3. The highest BCUT2D eigenvalue weighted by Gasteiger charge is 2.30. The Balaban J connectivity index is 1.88. The number of hydrogen-bond acceptors (Lipinski definition) is 5. The minimum absolute atomic E-state index is 0.0342. The summed E-state index contributed by atoms with van der Waals surface area (Å²) in [5.74, 6) is -2.25. The lowest BCUT2D eigenvalue weighted by Gasteiger charge is -2.30. The van der Waals surface area contributed by atoms with Gasteiger partial charge < -0.3 is 10.6 Å². The molecule has 0 unspecified atom stereocenters. The molecule has 1 aliphatic heterocycles. The molecular weight excluding hydrogens is 452 g/mol. The summed E-state index contributed by atoms with van der Waals surface area (Å²) >= 11 is 0. The second-order valence-corrected chi connectivity index (χ2v) is 8.51. The number of nitriles is 1. The van der Waals surface area contributed by atoms with Crippen molar-refractivity contribution in [3.8, 4) is 11.8 Å². The number of allylic oxidation sites excluding steroid dienone is 5. The Kier molecular flexibility index (Phi) is 6.62. The van der Waals surface area contributed by atoms with Gasteiger partial charge in [0.1, 0.15) is 17.7 Å². The number of benzene rings is 1. The molecule has 3 aromatic rings. The molecule has 2 N–H and O–H groups in total. The Morgan fingerprint density at radius 1 is 1.40 bits per heavy atom. The molecule has 0 bridgehead atoms. The van der Waals surface area contributed by atoms with Crippen molar-refractivity contribution in [1.82, 2.24) is 24.2 Å². The first-order valence-corrected chi connectivity index (χ1v) is 11.1. The van der Waals surface area contributed by atoms with Gasteiger partial charge in [0.15, 0.2) is 5.69 Å². The van der Waals surface area contributed by atoms with Gasteiger partial charge in [-0.25, -0.2) is 9.37 Å². The molecule has 1 amide bonds.